The zero-order valence-electron chi connectivity index (χ0n) is 17.9. The summed E-state index contributed by atoms with van der Waals surface area (Å²) in [7, 11) is 0. The molecular formula is C24H26Cl2N4OS. The predicted octanol–water partition coefficient (Wildman–Crippen LogP) is 6.62. The number of nitrogens with one attached hydrogen (secondary N) is 1. The van der Waals surface area contributed by atoms with Crippen LogP contribution in [-0.4, -0.2) is 20.7 Å². The van der Waals surface area contributed by atoms with Crippen LogP contribution in [0.15, 0.2) is 53.7 Å². The lowest BCUT2D eigenvalue weighted by atomic mass is 9.88. The maximum absolute atomic E-state index is 12.8. The molecule has 1 aliphatic carbocycles. The summed E-state index contributed by atoms with van der Waals surface area (Å²) in [6.45, 7) is 1.94. The molecule has 1 aromatic heterocycles. The van der Waals surface area contributed by atoms with Gasteiger partial charge in [-0.05, 0) is 43.5 Å². The van der Waals surface area contributed by atoms with Gasteiger partial charge in [0.1, 0.15) is 0 Å². The second kappa shape index (κ2) is 10.7. The molecular weight excluding hydrogens is 463 g/mol. The Morgan fingerprint density at radius 3 is 2.62 bits per heavy atom. The van der Waals surface area contributed by atoms with Crippen molar-refractivity contribution in [3.05, 3.63) is 70.0 Å². The van der Waals surface area contributed by atoms with Gasteiger partial charge in [0.25, 0.3) is 0 Å². The Bertz CT molecular complexity index is 1070. The van der Waals surface area contributed by atoms with Crippen LogP contribution in [0.4, 0.5) is 0 Å². The van der Waals surface area contributed by atoms with Crippen molar-refractivity contribution in [1.82, 2.24) is 20.1 Å². The number of carbonyl (C=O) groups is 1. The van der Waals surface area contributed by atoms with Gasteiger partial charge in [-0.2, -0.15) is 0 Å². The summed E-state index contributed by atoms with van der Waals surface area (Å²) < 4.78 is 1.91. The molecule has 0 aliphatic heterocycles. The van der Waals surface area contributed by atoms with Crippen molar-refractivity contribution in [2.24, 2.45) is 5.92 Å². The molecule has 8 heteroatoms. The normalized spacial score (nSPS) is 15.5. The van der Waals surface area contributed by atoms with Gasteiger partial charge in [-0.25, -0.2) is 0 Å². The van der Waals surface area contributed by atoms with Crippen molar-refractivity contribution in [3.63, 3.8) is 0 Å². The highest BCUT2D eigenvalue weighted by Gasteiger charge is 2.26. The summed E-state index contributed by atoms with van der Waals surface area (Å²) >= 11 is 14.4. The third kappa shape index (κ3) is 5.48. The van der Waals surface area contributed by atoms with E-state index in [2.05, 4.69) is 27.6 Å². The predicted molar refractivity (Wildman–Crippen MR) is 131 cm³/mol. The Hall–Kier alpha value is -2.02. The van der Waals surface area contributed by atoms with Gasteiger partial charge in [0.05, 0.1) is 16.8 Å². The van der Waals surface area contributed by atoms with E-state index < -0.39 is 0 Å². The Balaban J connectivity index is 1.63. The van der Waals surface area contributed by atoms with Crippen LogP contribution in [0.5, 0.6) is 0 Å². The van der Waals surface area contributed by atoms with Crippen molar-refractivity contribution >= 4 is 40.9 Å². The van der Waals surface area contributed by atoms with Gasteiger partial charge in [0, 0.05) is 16.7 Å². The molecule has 3 aromatic rings. The minimum Gasteiger partial charge on any atom is -0.346 e. The van der Waals surface area contributed by atoms with Gasteiger partial charge in [-0.15, -0.1) is 10.2 Å². The average Bonchev–Trinajstić information content (AvgIpc) is 3.24. The first-order valence-electron chi connectivity index (χ1n) is 10.9. The van der Waals surface area contributed by atoms with Gasteiger partial charge in [0.15, 0.2) is 11.0 Å². The second-order valence-electron chi connectivity index (χ2n) is 8.11. The van der Waals surface area contributed by atoms with E-state index in [9.17, 15) is 4.79 Å². The van der Waals surface area contributed by atoms with Crippen molar-refractivity contribution < 1.29 is 4.79 Å². The fraction of sp³-hybridized carbons (Fsp3) is 0.375. The van der Waals surface area contributed by atoms with Crippen molar-refractivity contribution in [2.75, 3.05) is 0 Å². The van der Waals surface area contributed by atoms with Crippen molar-refractivity contribution in [3.8, 4) is 5.69 Å². The molecule has 5 nitrogen and oxygen atoms in total. The molecule has 2 aromatic carbocycles. The number of thioether (sulfide) groups is 1. The highest BCUT2D eigenvalue weighted by molar-refractivity contribution is 7.98. The minimum atomic E-state index is -0.321. The lowest BCUT2D eigenvalue weighted by Gasteiger charge is -2.23. The Labute approximate surface area is 202 Å². The van der Waals surface area contributed by atoms with Crippen LogP contribution in [0.25, 0.3) is 5.69 Å². The summed E-state index contributed by atoms with van der Waals surface area (Å²) in [5.41, 5.74) is 1.89. The van der Waals surface area contributed by atoms with Gasteiger partial charge < -0.3 is 5.32 Å². The summed E-state index contributed by atoms with van der Waals surface area (Å²) in [5, 5.41) is 13.9. The molecule has 1 saturated carbocycles. The maximum Gasteiger partial charge on any atom is 0.223 e. The third-order valence-electron chi connectivity index (χ3n) is 5.74. The summed E-state index contributed by atoms with van der Waals surface area (Å²) in [6, 6.07) is 15.2. The Morgan fingerprint density at radius 2 is 1.88 bits per heavy atom. The zero-order chi connectivity index (χ0) is 22.5. The molecule has 0 spiro atoms. The number of hydrogen-bond acceptors (Lipinski definition) is 4. The fourth-order valence-corrected chi connectivity index (χ4v) is 5.30. The SMILES string of the molecule is CC(NC(=O)C1CCCCC1)c1nnc(SCc2ccccc2)n1-c1cc(Cl)ccc1Cl. The molecule has 0 bridgehead atoms. The first-order valence-corrected chi connectivity index (χ1v) is 12.6. The van der Waals surface area contributed by atoms with E-state index in [0.29, 0.717) is 26.7 Å². The molecule has 0 saturated heterocycles. The Kier molecular flexibility index (Phi) is 7.76. The molecule has 0 radical (unpaired) electrons. The highest BCUT2D eigenvalue weighted by atomic mass is 35.5. The molecule has 1 N–H and O–H groups in total. The first kappa shape index (κ1) is 23.1. The first-order chi connectivity index (χ1) is 15.5. The number of carbonyl (C=O) groups excluding carboxylic acids is 1. The van der Waals surface area contributed by atoms with Gasteiger partial charge in [-0.1, -0.05) is 84.6 Å². The largest absolute Gasteiger partial charge is 0.346 e. The second-order valence-corrected chi connectivity index (χ2v) is 9.90. The summed E-state index contributed by atoms with van der Waals surface area (Å²) in [5.74, 6) is 1.53. The monoisotopic (exact) mass is 488 g/mol. The number of aromatic nitrogens is 3. The standard InChI is InChI=1S/C24H26Cl2N4OS/c1-16(27-23(31)18-10-6-3-7-11-18)22-28-29-24(32-15-17-8-4-2-5-9-17)30(22)21-14-19(25)12-13-20(21)26/h2,4-5,8-9,12-14,16,18H,3,6-7,10-11,15H2,1H3,(H,27,31). The van der Waals surface area contributed by atoms with E-state index in [1.54, 1.807) is 30.0 Å². The highest BCUT2D eigenvalue weighted by Crippen LogP contribution is 2.33. The van der Waals surface area contributed by atoms with Crippen LogP contribution in [0.3, 0.4) is 0 Å². The molecule has 1 unspecified atom stereocenters. The molecule has 168 valence electrons. The smallest absolute Gasteiger partial charge is 0.223 e. The molecule has 1 fully saturated rings. The molecule has 1 aliphatic rings. The lowest BCUT2D eigenvalue weighted by Crippen LogP contribution is -2.34. The Morgan fingerprint density at radius 1 is 1.12 bits per heavy atom. The summed E-state index contributed by atoms with van der Waals surface area (Å²) in [6.07, 6.45) is 5.33. The van der Waals surface area contributed by atoms with Crippen LogP contribution in [-0.2, 0) is 10.5 Å². The molecule has 32 heavy (non-hydrogen) atoms. The number of benzene rings is 2. The van der Waals surface area contributed by atoms with Crippen molar-refractivity contribution in [2.45, 2.75) is 56.0 Å². The van der Waals surface area contributed by atoms with E-state index in [1.807, 2.05) is 29.7 Å². The molecule has 1 heterocycles. The van der Waals surface area contributed by atoms with E-state index in [0.717, 1.165) is 31.4 Å². The van der Waals surface area contributed by atoms with E-state index in [-0.39, 0.29) is 17.9 Å². The van der Waals surface area contributed by atoms with Crippen LogP contribution in [0, 0.1) is 5.92 Å². The minimum absolute atomic E-state index is 0.0734. The third-order valence-corrected chi connectivity index (χ3v) is 7.30. The summed E-state index contributed by atoms with van der Waals surface area (Å²) in [4.78, 5) is 12.8. The number of halogens is 2. The molecule has 1 amide bonds. The van der Waals surface area contributed by atoms with Crippen LogP contribution in [0.2, 0.25) is 10.0 Å². The van der Waals surface area contributed by atoms with E-state index in [1.165, 1.54) is 12.0 Å². The average molecular weight is 489 g/mol. The number of hydrogen-bond donors (Lipinski definition) is 1. The molecule has 1 atom stereocenters. The van der Waals surface area contributed by atoms with Crippen LogP contribution >= 0.6 is 35.0 Å². The van der Waals surface area contributed by atoms with E-state index >= 15 is 0 Å². The number of nitrogens with zero attached hydrogens (tertiary/aromatic N) is 3. The topological polar surface area (TPSA) is 59.8 Å². The van der Waals surface area contributed by atoms with Crippen LogP contribution in [0.1, 0.15) is 56.5 Å². The van der Waals surface area contributed by atoms with Gasteiger partial charge in [0.2, 0.25) is 5.91 Å². The van der Waals surface area contributed by atoms with E-state index in [4.69, 9.17) is 23.2 Å². The van der Waals surface area contributed by atoms with Gasteiger partial charge >= 0.3 is 0 Å². The fourth-order valence-electron chi connectivity index (χ4n) is 4.02. The van der Waals surface area contributed by atoms with Gasteiger partial charge in [-0.3, -0.25) is 9.36 Å². The lowest BCUT2D eigenvalue weighted by molar-refractivity contribution is -0.126. The zero-order valence-corrected chi connectivity index (χ0v) is 20.3. The van der Waals surface area contributed by atoms with Crippen LogP contribution < -0.4 is 5.32 Å². The number of amides is 1. The maximum atomic E-state index is 12.8. The van der Waals surface area contributed by atoms with Crippen molar-refractivity contribution in [1.29, 1.82) is 0 Å². The quantitative estimate of drug-likeness (QED) is 0.379. The molecule has 4 rings (SSSR count). The number of rotatable bonds is 7.